The van der Waals surface area contributed by atoms with Crippen molar-refractivity contribution in [2.24, 2.45) is 10.2 Å². The first-order valence-corrected chi connectivity index (χ1v) is 9.52. The van der Waals surface area contributed by atoms with Crippen LogP contribution in [-0.2, 0) is 10.1 Å². The minimum Gasteiger partial charge on any atom is -0.870 e. The van der Waals surface area contributed by atoms with E-state index in [1.807, 2.05) is 0 Å². The second kappa shape index (κ2) is 9.15. The molecule has 8 nitrogen and oxygen atoms in total. The summed E-state index contributed by atoms with van der Waals surface area (Å²) < 4.78 is 34.5. The molecule has 0 bridgehead atoms. The van der Waals surface area contributed by atoms with Gasteiger partial charge in [-0.15, -0.1) is 5.11 Å². The first kappa shape index (κ1) is 23.8. The molecule has 0 spiro atoms. The van der Waals surface area contributed by atoms with Crippen LogP contribution in [0.5, 0.6) is 5.75 Å². The summed E-state index contributed by atoms with van der Waals surface area (Å²) in [5, 5.41) is 30.1. The molecule has 0 unspecified atom stereocenters. The number of aromatic carboxylic acids is 1. The maximum absolute atomic E-state index is 12.5. The van der Waals surface area contributed by atoms with E-state index in [2.05, 4.69) is 10.2 Å². The molecule has 3 aromatic rings. The molecule has 0 atom stereocenters. The van der Waals surface area contributed by atoms with Crippen LogP contribution in [0.15, 0.2) is 57.6 Å². The quantitative estimate of drug-likeness (QED) is 0.296. The van der Waals surface area contributed by atoms with Gasteiger partial charge in [0.25, 0.3) is 0 Å². The zero-order chi connectivity index (χ0) is 20.6. The number of carboxylic acid groups (broad SMARTS) is 1. The van der Waals surface area contributed by atoms with E-state index in [9.17, 15) is 28.0 Å². The van der Waals surface area contributed by atoms with Gasteiger partial charge in [-0.1, -0.05) is 41.6 Å². The Hall–Kier alpha value is -1.44. The van der Waals surface area contributed by atoms with Crippen LogP contribution in [-0.4, -0.2) is 72.9 Å². The topological polar surface area (TPSA) is 142 Å². The minimum absolute atomic E-state index is 0. The molecule has 144 valence electrons. The molecule has 29 heavy (non-hydrogen) atoms. The van der Waals surface area contributed by atoms with Crippen molar-refractivity contribution in [3.8, 4) is 5.75 Å². The van der Waals surface area contributed by atoms with E-state index < -0.39 is 32.3 Å². The van der Waals surface area contributed by atoms with E-state index in [0.717, 1.165) is 6.07 Å². The molecule has 3 rings (SSSR count). The van der Waals surface area contributed by atoms with Crippen LogP contribution in [0.4, 0.5) is 11.4 Å². The number of fused-ring (bicyclic) bond motifs is 1. The number of azo groups is 1. The number of halogens is 1. The van der Waals surface area contributed by atoms with E-state index in [1.165, 1.54) is 12.1 Å². The Bertz CT molecular complexity index is 1260. The fourth-order valence-corrected chi connectivity index (χ4v) is 3.44. The smallest absolute Gasteiger partial charge is 0.870 e. The van der Waals surface area contributed by atoms with Crippen molar-refractivity contribution < 1.29 is 28.0 Å². The van der Waals surface area contributed by atoms with Gasteiger partial charge in [0, 0.05) is 10.4 Å². The molecule has 0 amide bonds. The summed E-state index contributed by atoms with van der Waals surface area (Å²) in [6.45, 7) is 1.57. The van der Waals surface area contributed by atoms with Crippen LogP contribution in [0.2, 0.25) is 5.02 Å². The second-order valence-electron chi connectivity index (χ2n) is 5.85. The molecule has 1 N–H and O–H groups in total. The summed E-state index contributed by atoms with van der Waals surface area (Å²) in [6.07, 6.45) is 0. The van der Waals surface area contributed by atoms with Gasteiger partial charge in [0.15, 0.2) is 0 Å². The van der Waals surface area contributed by atoms with Crippen molar-refractivity contribution in [1.82, 2.24) is 0 Å². The minimum atomic E-state index is -4.91. The number of nitrogens with zero attached hydrogens (tertiary/aromatic N) is 2. The average Bonchev–Trinajstić information content (AvgIpc) is 2.61. The predicted molar refractivity (Wildman–Crippen MR) is 104 cm³/mol. The van der Waals surface area contributed by atoms with Gasteiger partial charge in [-0.3, -0.25) is 0 Å². The van der Waals surface area contributed by atoms with Crippen molar-refractivity contribution in [3.05, 3.63) is 58.6 Å². The molecule has 0 radical (unpaired) electrons. The largest absolute Gasteiger partial charge is 2.00 e. The molecule has 0 heterocycles. The molecule has 0 saturated carbocycles. The molecule has 0 aromatic heterocycles. The van der Waals surface area contributed by atoms with Gasteiger partial charge in [0.1, 0.15) is 15.8 Å². The van der Waals surface area contributed by atoms with Crippen LogP contribution in [0.3, 0.4) is 0 Å². The fraction of sp³-hybridized carbons (Fsp3) is 0.0556. The number of aryl methyl sites for hydroxylation is 1. The Morgan fingerprint density at radius 3 is 2.41 bits per heavy atom. The predicted octanol–water partition coefficient (Wildman–Crippen LogP) is 3.51. The van der Waals surface area contributed by atoms with Gasteiger partial charge in [-0.25, -0.2) is 13.2 Å². The molecule has 11 heteroatoms. The van der Waals surface area contributed by atoms with Gasteiger partial charge in [-0.2, -0.15) is 5.11 Å². The number of hydrogen-bond donors (Lipinski definition) is 1. The number of benzene rings is 3. The van der Waals surface area contributed by atoms with Crippen LogP contribution < -0.4 is 5.11 Å². The Kier molecular flexibility index (Phi) is 7.52. The maximum atomic E-state index is 12.5. The van der Waals surface area contributed by atoms with Gasteiger partial charge in [-0.05, 0) is 36.1 Å². The van der Waals surface area contributed by atoms with Gasteiger partial charge in [0.2, 0.25) is 0 Å². The van der Waals surface area contributed by atoms with Crippen molar-refractivity contribution >= 4 is 98.7 Å². The summed E-state index contributed by atoms with van der Waals surface area (Å²) in [7, 11) is -4.91. The zero-order valence-electron chi connectivity index (χ0n) is 14.9. The van der Waals surface area contributed by atoms with Crippen molar-refractivity contribution in [1.29, 1.82) is 0 Å². The normalized spacial score (nSPS) is 11.6. The SMILES string of the molecule is Cc1cc(N=Nc2c([O-])c(C(=O)O)cc3ccccc23)c(S(=O)(=O)[O-])cc1Cl.[Ba+2]. The average molecular weight is 556 g/mol. The van der Waals surface area contributed by atoms with Crippen molar-refractivity contribution in [2.75, 3.05) is 0 Å². The number of hydrogen-bond acceptors (Lipinski definition) is 7. The molecule has 0 fully saturated rings. The Labute approximate surface area is 211 Å². The summed E-state index contributed by atoms with van der Waals surface area (Å²) >= 11 is 5.88. The van der Waals surface area contributed by atoms with E-state index in [4.69, 9.17) is 11.6 Å². The molecule has 0 aliphatic rings. The summed E-state index contributed by atoms with van der Waals surface area (Å²) in [6, 6.07) is 9.85. The van der Waals surface area contributed by atoms with Gasteiger partial charge >= 0.3 is 54.9 Å². The third-order valence-electron chi connectivity index (χ3n) is 3.97. The third-order valence-corrected chi connectivity index (χ3v) is 5.25. The van der Waals surface area contributed by atoms with Crippen LogP contribution >= 0.6 is 11.6 Å². The first-order valence-electron chi connectivity index (χ1n) is 7.73. The number of carboxylic acids is 1. The Morgan fingerprint density at radius 2 is 1.79 bits per heavy atom. The maximum Gasteiger partial charge on any atom is 2.00 e. The standard InChI is InChI=1S/C18H13ClN2O6S.Ba/c1-9-6-14(15(8-13(9)19)28(25,26)27)20-21-16-11-5-3-2-4-10(11)7-12(17(16)22)18(23)24;/h2-8,22H,1H3,(H,23,24)(H,25,26,27);/q;+2/p-2. The zero-order valence-corrected chi connectivity index (χ0v) is 20.9. The third kappa shape index (κ3) is 5.01. The summed E-state index contributed by atoms with van der Waals surface area (Å²) in [5.74, 6) is -2.32. The molecule has 0 aliphatic heterocycles. The summed E-state index contributed by atoms with van der Waals surface area (Å²) in [4.78, 5) is 10.7. The van der Waals surface area contributed by atoms with E-state index in [1.54, 1.807) is 31.2 Å². The van der Waals surface area contributed by atoms with E-state index >= 15 is 0 Å². The molecular weight excluding hydrogens is 545 g/mol. The molecule has 0 saturated heterocycles. The Morgan fingerprint density at radius 1 is 1.14 bits per heavy atom. The molecular formula is C18H11BaClN2O6S. The first-order chi connectivity index (χ1) is 13.1. The number of rotatable bonds is 4. The fourth-order valence-electron chi connectivity index (χ4n) is 2.60. The monoisotopic (exact) mass is 556 g/mol. The molecule has 0 aliphatic carbocycles. The second-order valence-corrected chi connectivity index (χ2v) is 7.61. The number of carbonyl (C=O) groups is 1. The van der Waals surface area contributed by atoms with Gasteiger partial charge < -0.3 is 14.8 Å². The van der Waals surface area contributed by atoms with Crippen molar-refractivity contribution in [2.45, 2.75) is 11.8 Å². The summed E-state index contributed by atoms with van der Waals surface area (Å²) in [5.41, 5.74) is -0.649. The van der Waals surface area contributed by atoms with Crippen LogP contribution in [0, 0.1) is 6.92 Å². The van der Waals surface area contributed by atoms with Gasteiger partial charge in [0.05, 0.1) is 16.1 Å². The van der Waals surface area contributed by atoms with E-state index in [0.29, 0.717) is 16.3 Å². The van der Waals surface area contributed by atoms with E-state index in [-0.39, 0.29) is 65.3 Å². The van der Waals surface area contributed by atoms with Crippen LogP contribution in [0.25, 0.3) is 10.8 Å². The molecule has 3 aromatic carbocycles. The Balaban J connectivity index is 0.00000300. The van der Waals surface area contributed by atoms with Crippen molar-refractivity contribution in [3.63, 3.8) is 0 Å². The van der Waals surface area contributed by atoms with Crippen LogP contribution in [0.1, 0.15) is 15.9 Å².